The highest BCUT2D eigenvalue weighted by molar-refractivity contribution is 5.86. The van der Waals surface area contributed by atoms with E-state index in [2.05, 4.69) is 19.2 Å². The van der Waals surface area contributed by atoms with E-state index in [1.54, 1.807) is 4.90 Å². The van der Waals surface area contributed by atoms with E-state index in [1.807, 2.05) is 0 Å². The Balaban J connectivity index is 2.00. The lowest BCUT2D eigenvalue weighted by molar-refractivity contribution is -0.145. The minimum absolute atomic E-state index is 0.199. The molecule has 0 aromatic carbocycles. The second kappa shape index (κ2) is 6.24. The van der Waals surface area contributed by atoms with Crippen LogP contribution >= 0.6 is 0 Å². The Bertz CT molecular complexity index is 388. The van der Waals surface area contributed by atoms with Crippen LogP contribution < -0.4 is 5.32 Å². The third-order valence-electron chi connectivity index (χ3n) is 5.12. The second-order valence-electron chi connectivity index (χ2n) is 7.38. The van der Waals surface area contributed by atoms with Crippen molar-refractivity contribution in [3.8, 4) is 0 Å². The molecule has 0 aromatic rings. The Kier molecular flexibility index (Phi) is 4.79. The quantitative estimate of drug-likeness (QED) is 0.770. The third kappa shape index (κ3) is 3.89. The van der Waals surface area contributed by atoms with Crippen molar-refractivity contribution < 1.29 is 14.7 Å². The fourth-order valence-corrected chi connectivity index (χ4v) is 3.32. The molecule has 1 saturated heterocycles. The largest absolute Gasteiger partial charge is 0.480 e. The molecule has 0 radical (unpaired) electrons. The number of nitrogens with one attached hydrogen (secondary N) is 1. The third-order valence-corrected chi connectivity index (χ3v) is 5.12. The van der Waals surface area contributed by atoms with Crippen LogP contribution in [0.15, 0.2) is 0 Å². The second-order valence-corrected chi connectivity index (χ2v) is 7.38. The summed E-state index contributed by atoms with van der Waals surface area (Å²) in [5.41, 5.74) is -0.774. The summed E-state index contributed by atoms with van der Waals surface area (Å²) in [7, 11) is 0. The zero-order valence-electron chi connectivity index (χ0n) is 13.3. The minimum Gasteiger partial charge on any atom is -0.480 e. The summed E-state index contributed by atoms with van der Waals surface area (Å²) in [5, 5.41) is 12.5. The number of rotatable bonds is 2. The molecule has 2 aliphatic rings. The van der Waals surface area contributed by atoms with Crippen molar-refractivity contribution in [3.63, 3.8) is 0 Å². The van der Waals surface area contributed by atoms with E-state index in [0.717, 1.165) is 38.5 Å². The van der Waals surface area contributed by atoms with Gasteiger partial charge in [-0.2, -0.15) is 0 Å². The van der Waals surface area contributed by atoms with Gasteiger partial charge in [0.1, 0.15) is 5.54 Å². The molecule has 2 rings (SSSR count). The summed E-state index contributed by atoms with van der Waals surface area (Å²) < 4.78 is 0. The van der Waals surface area contributed by atoms with Crippen molar-refractivity contribution in [1.82, 2.24) is 10.2 Å². The highest BCUT2D eigenvalue weighted by Crippen LogP contribution is 2.31. The number of carbonyl (C=O) groups is 2. The van der Waals surface area contributed by atoms with Crippen LogP contribution in [0.25, 0.3) is 0 Å². The Morgan fingerprint density at radius 2 is 1.48 bits per heavy atom. The topological polar surface area (TPSA) is 69.6 Å². The molecule has 5 nitrogen and oxygen atoms in total. The number of amides is 2. The van der Waals surface area contributed by atoms with Gasteiger partial charge in [0.25, 0.3) is 0 Å². The molecule has 0 atom stereocenters. The molecular formula is C16H28N2O3. The SMILES string of the molecule is CC1(C)CCN(C(=O)NC2(C(=O)O)CCCCCC2)CC1. The van der Waals surface area contributed by atoms with Gasteiger partial charge in [0.15, 0.2) is 0 Å². The van der Waals surface area contributed by atoms with Gasteiger partial charge in [-0.25, -0.2) is 9.59 Å². The molecule has 0 aromatic heterocycles. The average molecular weight is 296 g/mol. The van der Waals surface area contributed by atoms with Crippen LogP contribution in [0.1, 0.15) is 65.2 Å². The highest BCUT2D eigenvalue weighted by atomic mass is 16.4. The molecule has 0 bridgehead atoms. The van der Waals surface area contributed by atoms with E-state index in [9.17, 15) is 14.7 Å². The molecule has 1 aliphatic carbocycles. The van der Waals surface area contributed by atoms with Gasteiger partial charge in [-0.3, -0.25) is 0 Å². The Morgan fingerprint density at radius 3 is 1.95 bits per heavy atom. The van der Waals surface area contributed by atoms with Gasteiger partial charge >= 0.3 is 12.0 Å². The fourth-order valence-electron chi connectivity index (χ4n) is 3.32. The number of piperidine rings is 1. The van der Waals surface area contributed by atoms with Gasteiger partial charge in [0, 0.05) is 13.1 Å². The van der Waals surface area contributed by atoms with E-state index >= 15 is 0 Å². The zero-order valence-corrected chi connectivity index (χ0v) is 13.3. The van der Waals surface area contributed by atoms with Crippen molar-refractivity contribution in [2.45, 2.75) is 70.8 Å². The van der Waals surface area contributed by atoms with Crippen LogP contribution in [-0.2, 0) is 4.79 Å². The number of nitrogens with zero attached hydrogens (tertiary/aromatic N) is 1. The molecule has 1 heterocycles. The molecule has 2 amide bonds. The predicted molar refractivity (Wildman–Crippen MR) is 81.2 cm³/mol. The molecule has 5 heteroatoms. The maximum absolute atomic E-state index is 12.5. The Labute approximate surface area is 127 Å². The smallest absolute Gasteiger partial charge is 0.329 e. The maximum Gasteiger partial charge on any atom is 0.329 e. The average Bonchev–Trinajstić information content (AvgIpc) is 2.65. The molecule has 120 valence electrons. The summed E-state index contributed by atoms with van der Waals surface area (Å²) in [6.45, 7) is 5.86. The van der Waals surface area contributed by atoms with Crippen LogP contribution in [0.3, 0.4) is 0 Å². The van der Waals surface area contributed by atoms with Crippen molar-refractivity contribution in [1.29, 1.82) is 0 Å². The van der Waals surface area contributed by atoms with Crippen LogP contribution in [0, 0.1) is 5.41 Å². The van der Waals surface area contributed by atoms with Gasteiger partial charge in [0.05, 0.1) is 0 Å². The first-order valence-corrected chi connectivity index (χ1v) is 8.15. The van der Waals surface area contributed by atoms with Crippen LogP contribution in [0.4, 0.5) is 4.79 Å². The Hall–Kier alpha value is -1.26. The van der Waals surface area contributed by atoms with Crippen LogP contribution in [0.2, 0.25) is 0 Å². The molecule has 1 saturated carbocycles. The lowest BCUT2D eigenvalue weighted by Crippen LogP contribution is -2.58. The first-order valence-electron chi connectivity index (χ1n) is 8.15. The molecule has 2 N–H and O–H groups in total. The van der Waals surface area contributed by atoms with E-state index in [1.165, 1.54) is 0 Å². The van der Waals surface area contributed by atoms with Crippen molar-refractivity contribution in [3.05, 3.63) is 0 Å². The van der Waals surface area contributed by atoms with E-state index in [4.69, 9.17) is 0 Å². The number of likely N-dealkylation sites (tertiary alicyclic amines) is 1. The summed E-state index contributed by atoms with van der Waals surface area (Å²) in [5.74, 6) is -0.880. The molecule has 2 fully saturated rings. The van der Waals surface area contributed by atoms with Gasteiger partial charge < -0.3 is 15.3 Å². The first-order chi connectivity index (χ1) is 9.85. The summed E-state index contributed by atoms with van der Waals surface area (Å²) >= 11 is 0. The number of carboxylic acids is 1. The highest BCUT2D eigenvalue weighted by Gasteiger charge is 2.41. The normalized spacial score (nSPS) is 25.0. The number of carbonyl (C=O) groups excluding carboxylic acids is 1. The maximum atomic E-state index is 12.5. The fraction of sp³-hybridized carbons (Fsp3) is 0.875. The monoisotopic (exact) mass is 296 g/mol. The molecular weight excluding hydrogens is 268 g/mol. The molecule has 0 spiro atoms. The van der Waals surface area contributed by atoms with E-state index in [0.29, 0.717) is 25.9 Å². The van der Waals surface area contributed by atoms with Crippen molar-refractivity contribution >= 4 is 12.0 Å². The summed E-state index contributed by atoms with van der Waals surface area (Å²) in [6.07, 6.45) is 6.91. The number of aliphatic carboxylic acids is 1. The van der Waals surface area contributed by atoms with E-state index < -0.39 is 11.5 Å². The number of urea groups is 1. The van der Waals surface area contributed by atoms with Crippen LogP contribution in [-0.4, -0.2) is 40.6 Å². The van der Waals surface area contributed by atoms with Gasteiger partial charge in [-0.05, 0) is 31.1 Å². The lowest BCUT2D eigenvalue weighted by Gasteiger charge is -2.39. The standard InChI is InChI=1S/C16H28N2O3/c1-15(2)9-11-18(12-10-15)14(21)17-16(13(19)20)7-5-3-4-6-8-16/h3-12H2,1-2H3,(H,17,21)(H,19,20). The van der Waals surface area contributed by atoms with Gasteiger partial charge in [-0.15, -0.1) is 0 Å². The van der Waals surface area contributed by atoms with Crippen LogP contribution in [0.5, 0.6) is 0 Å². The van der Waals surface area contributed by atoms with Gasteiger partial charge in [-0.1, -0.05) is 39.5 Å². The minimum atomic E-state index is -1.06. The van der Waals surface area contributed by atoms with Gasteiger partial charge in [0.2, 0.25) is 0 Å². The predicted octanol–water partition coefficient (Wildman–Crippen LogP) is 3.00. The summed E-state index contributed by atoms with van der Waals surface area (Å²) in [4.78, 5) is 25.9. The van der Waals surface area contributed by atoms with Crippen molar-refractivity contribution in [2.24, 2.45) is 5.41 Å². The number of hydrogen-bond donors (Lipinski definition) is 2. The molecule has 0 unspecified atom stereocenters. The zero-order chi connectivity index (χ0) is 15.5. The molecule has 21 heavy (non-hydrogen) atoms. The first kappa shape index (κ1) is 16.1. The number of hydrogen-bond acceptors (Lipinski definition) is 2. The number of carboxylic acid groups (broad SMARTS) is 1. The Morgan fingerprint density at radius 1 is 0.952 bits per heavy atom. The lowest BCUT2D eigenvalue weighted by atomic mass is 9.83. The molecule has 1 aliphatic heterocycles. The van der Waals surface area contributed by atoms with E-state index in [-0.39, 0.29) is 11.4 Å². The summed E-state index contributed by atoms with van der Waals surface area (Å²) in [6, 6.07) is -0.199. The van der Waals surface area contributed by atoms with Crippen molar-refractivity contribution in [2.75, 3.05) is 13.1 Å².